The van der Waals surface area contributed by atoms with Crippen molar-refractivity contribution in [3.05, 3.63) is 70.8 Å². The highest BCUT2D eigenvalue weighted by Gasteiger charge is 2.37. The van der Waals surface area contributed by atoms with Crippen LogP contribution in [0.15, 0.2) is 48.5 Å². The van der Waals surface area contributed by atoms with E-state index in [2.05, 4.69) is 12.1 Å². The predicted molar refractivity (Wildman–Crippen MR) is 116 cm³/mol. The van der Waals surface area contributed by atoms with Gasteiger partial charge in [-0.3, -0.25) is 34.1 Å². The molecule has 7 nitrogen and oxygen atoms in total. The zero-order valence-electron chi connectivity index (χ0n) is 17.8. The molecule has 0 radical (unpaired) electrons. The Kier molecular flexibility index (Phi) is 5.25. The molecule has 0 saturated carbocycles. The molecule has 0 bridgehead atoms. The van der Waals surface area contributed by atoms with Crippen molar-refractivity contribution in [3.8, 4) is 0 Å². The highest BCUT2D eigenvalue weighted by molar-refractivity contribution is 6.21. The normalized spacial score (nSPS) is 17.8. The summed E-state index contributed by atoms with van der Waals surface area (Å²) in [4.78, 5) is 52.1. The highest BCUT2D eigenvalue weighted by Crippen LogP contribution is 2.30. The van der Waals surface area contributed by atoms with Gasteiger partial charge in [0.1, 0.15) is 0 Å². The summed E-state index contributed by atoms with van der Waals surface area (Å²) in [5.74, 6) is -0.741. The van der Waals surface area contributed by atoms with Crippen molar-refractivity contribution in [2.75, 3.05) is 19.6 Å². The Morgan fingerprint density at radius 3 is 1.91 bits per heavy atom. The second-order valence-corrected chi connectivity index (χ2v) is 8.69. The molecule has 7 heteroatoms. The molecule has 5 rings (SSSR count). The van der Waals surface area contributed by atoms with Crippen molar-refractivity contribution in [3.63, 3.8) is 0 Å². The van der Waals surface area contributed by atoms with Crippen LogP contribution in [0.1, 0.15) is 51.1 Å². The Morgan fingerprint density at radius 2 is 1.31 bits per heavy atom. The largest absolute Gasteiger partial charge is 0.274 e. The van der Waals surface area contributed by atoms with Crippen LogP contribution < -0.4 is 0 Å². The molecule has 2 aromatic rings. The average Bonchev–Trinajstić information content (AvgIpc) is 3.50. The molecule has 1 fully saturated rings. The number of carbonyl (C=O) groups is 4. The monoisotopic (exact) mass is 431 g/mol. The molecule has 0 atom stereocenters. The SMILES string of the molecule is O=C1c2ccccc2C(=O)N1CCC(=O)N1CCCN1C(=O)CC1Cc2ccccc2C1. The van der Waals surface area contributed by atoms with E-state index in [-0.39, 0.29) is 42.5 Å². The molecule has 1 aliphatic carbocycles. The lowest BCUT2D eigenvalue weighted by atomic mass is 10.0. The number of imide groups is 1. The van der Waals surface area contributed by atoms with Crippen LogP contribution >= 0.6 is 0 Å². The minimum absolute atomic E-state index is 0.00409. The van der Waals surface area contributed by atoms with Crippen LogP contribution in [0.3, 0.4) is 0 Å². The first kappa shape index (κ1) is 20.4. The number of nitrogens with zero attached hydrogens (tertiary/aromatic N) is 3. The molecular formula is C25H25N3O4. The van der Waals surface area contributed by atoms with Gasteiger partial charge >= 0.3 is 0 Å². The number of fused-ring (bicyclic) bond motifs is 2. The Bertz CT molecular complexity index is 1050. The molecule has 2 aliphatic heterocycles. The molecule has 2 heterocycles. The van der Waals surface area contributed by atoms with Crippen molar-refractivity contribution in [2.45, 2.75) is 32.1 Å². The van der Waals surface area contributed by atoms with Gasteiger partial charge in [0.15, 0.2) is 0 Å². The molecule has 0 N–H and O–H groups in total. The summed E-state index contributed by atoms with van der Waals surface area (Å²) in [6.45, 7) is 1.02. The molecule has 0 spiro atoms. The lowest BCUT2D eigenvalue weighted by Gasteiger charge is -2.29. The van der Waals surface area contributed by atoms with Crippen molar-refractivity contribution < 1.29 is 19.2 Å². The number of hydrogen-bond acceptors (Lipinski definition) is 4. The number of hydrogen-bond donors (Lipinski definition) is 0. The second kappa shape index (κ2) is 8.22. The summed E-state index contributed by atoms with van der Waals surface area (Å²) in [6.07, 6.45) is 2.93. The van der Waals surface area contributed by atoms with Crippen molar-refractivity contribution in [1.29, 1.82) is 0 Å². The van der Waals surface area contributed by atoms with E-state index < -0.39 is 0 Å². The molecule has 1 saturated heterocycles. The van der Waals surface area contributed by atoms with Crippen LogP contribution in [0.25, 0.3) is 0 Å². The number of rotatable bonds is 5. The number of hydrazine groups is 1. The summed E-state index contributed by atoms with van der Waals surface area (Å²) < 4.78 is 0. The van der Waals surface area contributed by atoms with Crippen LogP contribution in [0.2, 0.25) is 0 Å². The van der Waals surface area contributed by atoms with Gasteiger partial charge in [-0.2, -0.15) is 0 Å². The maximum absolute atomic E-state index is 13.0. The van der Waals surface area contributed by atoms with E-state index in [1.165, 1.54) is 16.1 Å². The highest BCUT2D eigenvalue weighted by atomic mass is 16.2. The van der Waals surface area contributed by atoms with E-state index in [9.17, 15) is 19.2 Å². The summed E-state index contributed by atoms with van der Waals surface area (Å²) in [5.41, 5.74) is 3.36. The molecule has 0 aromatic heterocycles. The van der Waals surface area contributed by atoms with Crippen molar-refractivity contribution in [1.82, 2.24) is 14.9 Å². The van der Waals surface area contributed by atoms with Crippen LogP contribution in [0.4, 0.5) is 0 Å². The van der Waals surface area contributed by atoms with E-state index in [1.54, 1.807) is 29.3 Å². The Labute approximate surface area is 186 Å². The Balaban J connectivity index is 1.18. The van der Waals surface area contributed by atoms with E-state index in [0.717, 1.165) is 24.2 Å². The zero-order chi connectivity index (χ0) is 22.2. The van der Waals surface area contributed by atoms with Gasteiger partial charge < -0.3 is 0 Å². The van der Waals surface area contributed by atoms with Gasteiger partial charge in [-0.1, -0.05) is 36.4 Å². The fourth-order valence-corrected chi connectivity index (χ4v) is 5.06. The molecule has 3 aliphatic rings. The van der Waals surface area contributed by atoms with Crippen LogP contribution in [-0.2, 0) is 22.4 Å². The predicted octanol–water partition coefficient (Wildman–Crippen LogP) is 2.45. The van der Waals surface area contributed by atoms with E-state index in [1.807, 2.05) is 12.1 Å². The number of carbonyl (C=O) groups excluding carboxylic acids is 4. The fraction of sp³-hybridized carbons (Fsp3) is 0.360. The smallest absolute Gasteiger partial charge is 0.261 e. The van der Waals surface area contributed by atoms with E-state index >= 15 is 0 Å². The quantitative estimate of drug-likeness (QED) is 0.682. The van der Waals surface area contributed by atoms with Crippen molar-refractivity contribution >= 4 is 23.6 Å². The van der Waals surface area contributed by atoms with E-state index in [0.29, 0.717) is 30.6 Å². The third kappa shape index (κ3) is 3.57. The topological polar surface area (TPSA) is 78.0 Å². The maximum Gasteiger partial charge on any atom is 0.261 e. The van der Waals surface area contributed by atoms with Crippen LogP contribution in [0.5, 0.6) is 0 Å². The molecule has 32 heavy (non-hydrogen) atoms. The summed E-state index contributed by atoms with van der Waals surface area (Å²) in [6, 6.07) is 15.0. The number of benzene rings is 2. The van der Waals surface area contributed by atoms with Gasteiger partial charge in [0.05, 0.1) is 11.1 Å². The first-order chi connectivity index (χ1) is 15.5. The maximum atomic E-state index is 13.0. The van der Waals surface area contributed by atoms with E-state index in [4.69, 9.17) is 0 Å². The first-order valence-electron chi connectivity index (χ1n) is 11.2. The third-order valence-corrected chi connectivity index (χ3v) is 6.63. The summed E-state index contributed by atoms with van der Waals surface area (Å²) in [5, 5.41) is 3.07. The minimum Gasteiger partial charge on any atom is -0.274 e. The van der Waals surface area contributed by atoms with Gasteiger partial charge in [0.2, 0.25) is 11.8 Å². The molecule has 4 amide bonds. The van der Waals surface area contributed by atoms with Gasteiger partial charge in [-0.15, -0.1) is 0 Å². The molecule has 164 valence electrons. The zero-order valence-corrected chi connectivity index (χ0v) is 17.8. The lowest BCUT2D eigenvalue weighted by molar-refractivity contribution is -0.158. The van der Waals surface area contributed by atoms with Gasteiger partial charge in [-0.25, -0.2) is 0 Å². The fourth-order valence-electron chi connectivity index (χ4n) is 5.06. The molecule has 0 unspecified atom stereocenters. The first-order valence-corrected chi connectivity index (χ1v) is 11.2. The van der Waals surface area contributed by atoms with Crippen LogP contribution in [0, 0.1) is 5.92 Å². The Morgan fingerprint density at radius 1 is 0.781 bits per heavy atom. The summed E-state index contributed by atoms with van der Waals surface area (Å²) in [7, 11) is 0. The lowest BCUT2D eigenvalue weighted by Crippen LogP contribution is -2.46. The van der Waals surface area contributed by atoms with Gasteiger partial charge in [0, 0.05) is 32.5 Å². The van der Waals surface area contributed by atoms with Crippen molar-refractivity contribution in [2.24, 2.45) is 5.92 Å². The third-order valence-electron chi connectivity index (χ3n) is 6.63. The van der Waals surface area contributed by atoms with Crippen LogP contribution in [-0.4, -0.2) is 58.2 Å². The summed E-state index contributed by atoms with van der Waals surface area (Å²) >= 11 is 0. The van der Waals surface area contributed by atoms with Gasteiger partial charge in [-0.05, 0) is 48.4 Å². The minimum atomic E-state index is -0.367. The van der Waals surface area contributed by atoms with Gasteiger partial charge in [0.25, 0.3) is 11.8 Å². The molecule has 2 aromatic carbocycles. The number of amides is 4. The second-order valence-electron chi connectivity index (χ2n) is 8.69. The Hall–Kier alpha value is -3.48. The molecular weight excluding hydrogens is 406 g/mol. The standard InChI is InChI=1S/C25H25N3O4/c29-22(10-13-26-24(31)20-8-3-4-9-21(20)25(26)32)27-11-5-12-28(27)23(30)16-17-14-18-6-1-2-7-19(18)15-17/h1-4,6-9,17H,5,10-16H2. The average molecular weight is 431 g/mol.